The van der Waals surface area contributed by atoms with Gasteiger partial charge in [-0.15, -0.1) is 0 Å². The Balaban J connectivity index is 1.58. The number of amides is 1. The monoisotopic (exact) mass is 338 g/mol. The Morgan fingerprint density at radius 1 is 1.08 bits per heavy atom. The molecule has 1 aromatic heterocycles. The minimum absolute atomic E-state index is 0.0536. The van der Waals surface area contributed by atoms with Crippen molar-refractivity contribution in [2.75, 3.05) is 0 Å². The van der Waals surface area contributed by atoms with Gasteiger partial charge in [0.25, 0.3) is 5.56 Å². The third-order valence-corrected chi connectivity index (χ3v) is 4.14. The molecule has 0 aliphatic heterocycles. The van der Waals surface area contributed by atoms with E-state index in [1.807, 2.05) is 24.3 Å². The standard InChI is InChI=1S/C20H19FN2O2/c1-13-10-16-11-14(4-8-18(16)23-20(13)25)5-9-19(24)22-12-15-2-6-17(21)7-3-15/h2-4,6-8,10-11H,5,9,12H2,1H3,(H,22,24)(H,23,25). The lowest BCUT2D eigenvalue weighted by molar-refractivity contribution is -0.121. The SMILES string of the molecule is Cc1cc2cc(CCC(=O)NCc3ccc(F)cc3)ccc2[nH]c1=O. The molecule has 25 heavy (non-hydrogen) atoms. The fraction of sp³-hybridized carbons (Fsp3) is 0.200. The lowest BCUT2D eigenvalue weighted by atomic mass is 10.1. The van der Waals surface area contributed by atoms with Gasteiger partial charge in [-0.2, -0.15) is 0 Å². The quantitative estimate of drug-likeness (QED) is 0.750. The third-order valence-electron chi connectivity index (χ3n) is 4.14. The third kappa shape index (κ3) is 4.32. The number of hydrogen-bond donors (Lipinski definition) is 2. The second-order valence-electron chi connectivity index (χ2n) is 6.11. The predicted molar refractivity (Wildman–Crippen MR) is 95.9 cm³/mol. The van der Waals surface area contributed by atoms with Gasteiger partial charge in [0, 0.05) is 24.0 Å². The van der Waals surface area contributed by atoms with E-state index in [1.165, 1.54) is 12.1 Å². The van der Waals surface area contributed by atoms with Crippen LogP contribution in [0.4, 0.5) is 4.39 Å². The first-order chi connectivity index (χ1) is 12.0. The lowest BCUT2D eigenvalue weighted by Crippen LogP contribution is -2.23. The molecule has 0 bridgehead atoms. The molecule has 0 radical (unpaired) electrons. The van der Waals surface area contributed by atoms with Gasteiger partial charge >= 0.3 is 0 Å². The van der Waals surface area contributed by atoms with Gasteiger partial charge in [0.15, 0.2) is 0 Å². The highest BCUT2D eigenvalue weighted by Gasteiger charge is 2.05. The summed E-state index contributed by atoms with van der Waals surface area (Å²) >= 11 is 0. The van der Waals surface area contributed by atoms with Gasteiger partial charge in [0.1, 0.15) is 5.82 Å². The minimum atomic E-state index is -0.289. The number of carbonyl (C=O) groups excluding carboxylic acids is 1. The molecule has 0 atom stereocenters. The summed E-state index contributed by atoms with van der Waals surface area (Å²) in [4.78, 5) is 26.4. The normalized spacial score (nSPS) is 10.8. The van der Waals surface area contributed by atoms with Crippen LogP contribution in [0.2, 0.25) is 0 Å². The summed E-state index contributed by atoms with van der Waals surface area (Å²) < 4.78 is 12.8. The van der Waals surface area contributed by atoms with Crippen molar-refractivity contribution in [1.29, 1.82) is 0 Å². The van der Waals surface area contributed by atoms with Crippen molar-refractivity contribution in [3.05, 3.63) is 81.4 Å². The van der Waals surface area contributed by atoms with Crippen LogP contribution in [0, 0.1) is 12.7 Å². The van der Waals surface area contributed by atoms with Gasteiger partial charge in [0.2, 0.25) is 5.91 Å². The number of pyridine rings is 1. The van der Waals surface area contributed by atoms with E-state index in [-0.39, 0.29) is 17.3 Å². The molecule has 0 fully saturated rings. The number of aromatic nitrogens is 1. The van der Waals surface area contributed by atoms with Gasteiger partial charge < -0.3 is 10.3 Å². The summed E-state index contributed by atoms with van der Waals surface area (Å²) in [6, 6.07) is 13.7. The first kappa shape index (κ1) is 16.9. The van der Waals surface area contributed by atoms with E-state index in [2.05, 4.69) is 10.3 Å². The largest absolute Gasteiger partial charge is 0.352 e. The second kappa shape index (κ2) is 7.30. The zero-order valence-corrected chi connectivity index (χ0v) is 13.9. The molecule has 0 aliphatic carbocycles. The molecule has 3 rings (SSSR count). The van der Waals surface area contributed by atoms with Crippen LogP contribution in [-0.4, -0.2) is 10.9 Å². The van der Waals surface area contributed by atoms with Gasteiger partial charge in [-0.05, 0) is 60.2 Å². The molecule has 1 amide bonds. The topological polar surface area (TPSA) is 62.0 Å². The molecule has 5 heteroatoms. The first-order valence-electron chi connectivity index (χ1n) is 8.15. The van der Waals surface area contributed by atoms with Crippen molar-refractivity contribution in [1.82, 2.24) is 10.3 Å². The van der Waals surface area contributed by atoms with Crippen LogP contribution < -0.4 is 10.9 Å². The van der Waals surface area contributed by atoms with Crippen molar-refractivity contribution < 1.29 is 9.18 Å². The van der Waals surface area contributed by atoms with Crippen molar-refractivity contribution in [3.8, 4) is 0 Å². The summed E-state index contributed by atoms with van der Waals surface area (Å²) in [5.41, 5.74) is 3.28. The number of nitrogens with one attached hydrogen (secondary N) is 2. The maximum absolute atomic E-state index is 12.8. The van der Waals surface area contributed by atoms with E-state index in [4.69, 9.17) is 0 Å². The molecule has 2 aromatic carbocycles. The highest BCUT2D eigenvalue weighted by Crippen LogP contribution is 2.15. The molecule has 0 saturated carbocycles. The molecule has 0 unspecified atom stereocenters. The summed E-state index contributed by atoms with van der Waals surface area (Å²) in [5.74, 6) is -0.343. The number of aromatic amines is 1. The fourth-order valence-corrected chi connectivity index (χ4v) is 2.67. The Labute approximate surface area is 144 Å². The maximum atomic E-state index is 12.8. The van der Waals surface area contributed by atoms with E-state index in [0.717, 1.165) is 22.0 Å². The number of benzene rings is 2. The Morgan fingerprint density at radius 2 is 1.80 bits per heavy atom. The maximum Gasteiger partial charge on any atom is 0.251 e. The van der Waals surface area contributed by atoms with Crippen LogP contribution in [0.1, 0.15) is 23.1 Å². The summed E-state index contributed by atoms with van der Waals surface area (Å²) in [7, 11) is 0. The average molecular weight is 338 g/mol. The van der Waals surface area contributed by atoms with Crippen LogP contribution in [0.25, 0.3) is 10.9 Å². The number of H-pyrrole nitrogens is 1. The van der Waals surface area contributed by atoms with Crippen LogP contribution in [0.5, 0.6) is 0 Å². The second-order valence-corrected chi connectivity index (χ2v) is 6.11. The molecule has 0 saturated heterocycles. The molecule has 1 heterocycles. The molecule has 0 aliphatic rings. The number of aryl methyl sites for hydroxylation is 2. The van der Waals surface area contributed by atoms with Gasteiger partial charge in [-0.1, -0.05) is 18.2 Å². The smallest absolute Gasteiger partial charge is 0.251 e. The first-order valence-corrected chi connectivity index (χ1v) is 8.15. The summed E-state index contributed by atoms with van der Waals surface area (Å²) in [6.07, 6.45) is 0.985. The van der Waals surface area contributed by atoms with Crippen LogP contribution in [-0.2, 0) is 17.8 Å². The Hall–Kier alpha value is -2.95. The van der Waals surface area contributed by atoms with E-state index >= 15 is 0 Å². The number of rotatable bonds is 5. The van der Waals surface area contributed by atoms with Crippen molar-refractivity contribution in [2.45, 2.75) is 26.3 Å². The molecular formula is C20H19FN2O2. The molecule has 128 valence electrons. The van der Waals surface area contributed by atoms with E-state index in [9.17, 15) is 14.0 Å². The van der Waals surface area contributed by atoms with E-state index in [1.54, 1.807) is 19.1 Å². The zero-order valence-electron chi connectivity index (χ0n) is 13.9. The van der Waals surface area contributed by atoms with Crippen molar-refractivity contribution in [3.63, 3.8) is 0 Å². The predicted octanol–water partition coefficient (Wildman–Crippen LogP) is 3.22. The number of halogens is 1. The van der Waals surface area contributed by atoms with Gasteiger partial charge in [0.05, 0.1) is 0 Å². The van der Waals surface area contributed by atoms with Crippen molar-refractivity contribution >= 4 is 16.8 Å². The van der Waals surface area contributed by atoms with Crippen LogP contribution in [0.15, 0.2) is 53.3 Å². The highest BCUT2D eigenvalue weighted by molar-refractivity contribution is 5.80. The summed E-state index contributed by atoms with van der Waals surface area (Å²) in [6.45, 7) is 2.16. The molecular weight excluding hydrogens is 319 g/mol. The van der Waals surface area contributed by atoms with Crippen LogP contribution in [0.3, 0.4) is 0 Å². The zero-order chi connectivity index (χ0) is 17.8. The number of fused-ring (bicyclic) bond motifs is 1. The molecule has 0 spiro atoms. The average Bonchev–Trinajstić information content (AvgIpc) is 2.60. The molecule has 3 aromatic rings. The summed E-state index contributed by atoms with van der Waals surface area (Å²) in [5, 5.41) is 3.79. The lowest BCUT2D eigenvalue weighted by Gasteiger charge is -2.07. The Bertz CT molecular complexity index is 962. The van der Waals surface area contributed by atoms with Crippen molar-refractivity contribution in [2.24, 2.45) is 0 Å². The number of hydrogen-bond acceptors (Lipinski definition) is 2. The fourth-order valence-electron chi connectivity index (χ4n) is 2.67. The van der Waals surface area contributed by atoms with E-state index in [0.29, 0.717) is 24.9 Å². The number of carbonyl (C=O) groups is 1. The molecule has 4 nitrogen and oxygen atoms in total. The highest BCUT2D eigenvalue weighted by atomic mass is 19.1. The van der Waals surface area contributed by atoms with Crippen LogP contribution >= 0.6 is 0 Å². The van der Waals surface area contributed by atoms with Gasteiger partial charge in [-0.3, -0.25) is 9.59 Å². The van der Waals surface area contributed by atoms with Gasteiger partial charge in [-0.25, -0.2) is 4.39 Å². The van der Waals surface area contributed by atoms with E-state index < -0.39 is 0 Å². The molecule has 2 N–H and O–H groups in total. The Morgan fingerprint density at radius 3 is 2.56 bits per heavy atom. The Kier molecular flexibility index (Phi) is 4.93. The minimum Gasteiger partial charge on any atom is -0.352 e.